The number of rotatable bonds is 4. The number of allylic oxidation sites excluding steroid dienone is 1. The second-order valence-electron chi connectivity index (χ2n) is 7.20. The molecule has 1 fully saturated rings. The van der Waals surface area contributed by atoms with Gasteiger partial charge in [-0.05, 0) is 43.0 Å². The molecule has 0 bridgehead atoms. The molecule has 7 nitrogen and oxygen atoms in total. The van der Waals surface area contributed by atoms with E-state index in [1.54, 1.807) is 17.0 Å². The van der Waals surface area contributed by atoms with Crippen LogP contribution in [0, 0.1) is 0 Å². The number of anilines is 1. The molecule has 1 N–H and O–H groups in total. The van der Waals surface area contributed by atoms with E-state index in [1.807, 2.05) is 31.3 Å². The van der Waals surface area contributed by atoms with Gasteiger partial charge in [-0.2, -0.15) is 0 Å². The van der Waals surface area contributed by atoms with E-state index in [9.17, 15) is 14.4 Å². The van der Waals surface area contributed by atoms with Gasteiger partial charge in [-0.1, -0.05) is 0 Å². The van der Waals surface area contributed by atoms with E-state index in [0.717, 1.165) is 36.1 Å². The highest BCUT2D eigenvalue weighted by atomic mass is 16.6. The normalized spacial score (nSPS) is 20.9. The molecule has 7 heteroatoms. The summed E-state index contributed by atoms with van der Waals surface area (Å²) in [7, 11) is 3.82. The van der Waals surface area contributed by atoms with E-state index < -0.39 is 6.09 Å². The molecular formula is C20H25N3O4. The standard InChI is InChI=1S/C20H25N3O4/c1-13(24)21-10-17-12-23(20(26)27-17)16-7-8-18-14(9-16)5-4-6-15(19(18)25)11-22(2)3/h7-9,11,17H,4-6,10,12H2,1-3H3,(H,21,24)/b15-11-/t17-/m0/s1. The molecular weight excluding hydrogens is 346 g/mol. The number of carbonyl (C=O) groups is 3. The average molecular weight is 371 g/mol. The minimum atomic E-state index is -0.432. The lowest BCUT2D eigenvalue weighted by molar-refractivity contribution is -0.119. The summed E-state index contributed by atoms with van der Waals surface area (Å²) in [5.41, 5.74) is 3.18. The van der Waals surface area contributed by atoms with Crippen molar-refractivity contribution in [2.24, 2.45) is 0 Å². The van der Waals surface area contributed by atoms with Gasteiger partial charge in [0.25, 0.3) is 0 Å². The SMILES string of the molecule is CC(=O)NC[C@H]1CN(c2ccc3c(c2)CCC/C(=C/N(C)C)C3=O)C(=O)O1. The first-order valence-corrected chi connectivity index (χ1v) is 9.12. The fourth-order valence-electron chi connectivity index (χ4n) is 3.46. The third-order valence-electron chi connectivity index (χ3n) is 4.70. The third-order valence-corrected chi connectivity index (χ3v) is 4.70. The Hall–Kier alpha value is -2.83. The fourth-order valence-corrected chi connectivity index (χ4v) is 3.46. The zero-order chi connectivity index (χ0) is 19.6. The second kappa shape index (κ2) is 7.82. The quantitative estimate of drug-likeness (QED) is 0.648. The zero-order valence-corrected chi connectivity index (χ0v) is 15.9. The Labute approximate surface area is 159 Å². The Balaban J connectivity index is 1.80. The second-order valence-corrected chi connectivity index (χ2v) is 7.20. The van der Waals surface area contributed by atoms with Crippen molar-refractivity contribution in [3.05, 3.63) is 41.1 Å². The molecule has 3 rings (SSSR count). The lowest BCUT2D eigenvalue weighted by Crippen LogP contribution is -2.33. The van der Waals surface area contributed by atoms with Crippen LogP contribution in [0.3, 0.4) is 0 Å². The lowest BCUT2D eigenvalue weighted by atomic mass is 9.99. The van der Waals surface area contributed by atoms with Crippen molar-refractivity contribution >= 4 is 23.5 Å². The van der Waals surface area contributed by atoms with Crippen molar-refractivity contribution in [3.8, 4) is 0 Å². The van der Waals surface area contributed by atoms with E-state index in [1.165, 1.54) is 6.92 Å². The Bertz CT molecular complexity index is 800. The van der Waals surface area contributed by atoms with Crippen molar-refractivity contribution in [2.45, 2.75) is 32.3 Å². The number of aryl methyl sites for hydroxylation is 1. The number of carbonyl (C=O) groups excluding carboxylic acids is 3. The number of cyclic esters (lactones) is 1. The molecule has 0 radical (unpaired) electrons. The first-order chi connectivity index (χ1) is 12.8. The van der Waals surface area contributed by atoms with Crippen LogP contribution < -0.4 is 10.2 Å². The smallest absolute Gasteiger partial charge is 0.414 e. The fraction of sp³-hybridized carbons (Fsp3) is 0.450. The van der Waals surface area contributed by atoms with Gasteiger partial charge in [0.2, 0.25) is 5.91 Å². The van der Waals surface area contributed by atoms with Gasteiger partial charge in [0.15, 0.2) is 5.78 Å². The van der Waals surface area contributed by atoms with Crippen LogP contribution in [0.1, 0.15) is 35.7 Å². The summed E-state index contributed by atoms with van der Waals surface area (Å²) in [5.74, 6) is -0.107. The number of hydrogen-bond acceptors (Lipinski definition) is 5. The predicted octanol–water partition coefficient (Wildman–Crippen LogP) is 2.11. The highest BCUT2D eigenvalue weighted by Gasteiger charge is 2.33. The van der Waals surface area contributed by atoms with E-state index >= 15 is 0 Å². The van der Waals surface area contributed by atoms with E-state index in [4.69, 9.17) is 4.74 Å². The summed E-state index contributed by atoms with van der Waals surface area (Å²) in [6.45, 7) is 2.09. The summed E-state index contributed by atoms with van der Waals surface area (Å²) in [6, 6.07) is 5.50. The molecule has 0 unspecified atom stereocenters. The molecule has 0 spiro atoms. The molecule has 2 aliphatic rings. The van der Waals surface area contributed by atoms with Gasteiger partial charge in [0, 0.05) is 44.0 Å². The summed E-state index contributed by atoms with van der Waals surface area (Å²) < 4.78 is 5.32. The largest absolute Gasteiger partial charge is 0.442 e. The van der Waals surface area contributed by atoms with Gasteiger partial charge in [0.1, 0.15) is 6.10 Å². The van der Waals surface area contributed by atoms with Crippen LogP contribution in [0.25, 0.3) is 0 Å². The summed E-state index contributed by atoms with van der Waals surface area (Å²) in [4.78, 5) is 39.5. The van der Waals surface area contributed by atoms with Crippen molar-refractivity contribution in [1.29, 1.82) is 0 Å². The van der Waals surface area contributed by atoms with Crippen molar-refractivity contribution in [2.75, 3.05) is 32.1 Å². The molecule has 1 saturated heterocycles. The Morgan fingerprint density at radius 2 is 2.11 bits per heavy atom. The van der Waals surface area contributed by atoms with Gasteiger partial charge in [0.05, 0.1) is 13.1 Å². The van der Waals surface area contributed by atoms with Crippen LogP contribution >= 0.6 is 0 Å². The number of Topliss-reactive ketones (excluding diaryl/α,β-unsaturated/α-hetero) is 1. The first kappa shape index (κ1) is 18.9. The Morgan fingerprint density at radius 1 is 1.33 bits per heavy atom. The first-order valence-electron chi connectivity index (χ1n) is 9.12. The monoisotopic (exact) mass is 371 g/mol. The number of nitrogens with zero attached hydrogens (tertiary/aromatic N) is 2. The molecule has 0 aromatic heterocycles. The highest BCUT2D eigenvalue weighted by Crippen LogP contribution is 2.30. The van der Waals surface area contributed by atoms with Crippen LogP contribution in [0.15, 0.2) is 30.0 Å². The molecule has 1 aromatic carbocycles. The molecule has 1 aliphatic heterocycles. The number of amides is 2. The number of ether oxygens (including phenoxy) is 1. The number of nitrogens with one attached hydrogen (secondary N) is 1. The molecule has 1 aliphatic carbocycles. The van der Waals surface area contributed by atoms with Crippen molar-refractivity contribution < 1.29 is 19.1 Å². The van der Waals surface area contributed by atoms with Crippen LogP contribution in [0.4, 0.5) is 10.5 Å². The predicted molar refractivity (Wildman–Crippen MR) is 102 cm³/mol. The van der Waals surface area contributed by atoms with Crippen LogP contribution in [-0.2, 0) is 16.0 Å². The highest BCUT2D eigenvalue weighted by molar-refractivity contribution is 6.10. The molecule has 1 atom stereocenters. The van der Waals surface area contributed by atoms with Gasteiger partial charge >= 0.3 is 6.09 Å². The molecule has 1 heterocycles. The van der Waals surface area contributed by atoms with Crippen LogP contribution in [0.2, 0.25) is 0 Å². The number of benzene rings is 1. The maximum absolute atomic E-state index is 12.8. The minimum Gasteiger partial charge on any atom is -0.442 e. The summed E-state index contributed by atoms with van der Waals surface area (Å²) in [5, 5.41) is 2.67. The Kier molecular flexibility index (Phi) is 5.48. The van der Waals surface area contributed by atoms with E-state index in [0.29, 0.717) is 18.7 Å². The van der Waals surface area contributed by atoms with Crippen molar-refractivity contribution in [1.82, 2.24) is 10.2 Å². The average Bonchev–Trinajstić information content (AvgIpc) is 2.91. The Morgan fingerprint density at radius 3 is 2.81 bits per heavy atom. The van der Waals surface area contributed by atoms with Gasteiger partial charge in [-0.25, -0.2) is 4.79 Å². The molecule has 0 saturated carbocycles. The topological polar surface area (TPSA) is 79.0 Å². The number of ketones is 1. The molecule has 1 aromatic rings. The lowest BCUT2D eigenvalue weighted by Gasteiger charge is -2.16. The third kappa shape index (κ3) is 4.30. The molecule has 2 amide bonds. The van der Waals surface area contributed by atoms with Crippen molar-refractivity contribution in [3.63, 3.8) is 0 Å². The molecule has 144 valence electrons. The van der Waals surface area contributed by atoms with Crippen LogP contribution in [0.5, 0.6) is 0 Å². The molecule has 27 heavy (non-hydrogen) atoms. The minimum absolute atomic E-state index is 0.0512. The van der Waals surface area contributed by atoms with E-state index in [2.05, 4.69) is 5.32 Å². The number of hydrogen-bond donors (Lipinski definition) is 1. The maximum atomic E-state index is 12.8. The van der Waals surface area contributed by atoms with Gasteiger partial charge in [-0.15, -0.1) is 0 Å². The summed E-state index contributed by atoms with van der Waals surface area (Å²) >= 11 is 0. The number of fused-ring (bicyclic) bond motifs is 1. The summed E-state index contributed by atoms with van der Waals surface area (Å²) in [6.07, 6.45) is 3.49. The van der Waals surface area contributed by atoms with E-state index in [-0.39, 0.29) is 17.8 Å². The van der Waals surface area contributed by atoms with Gasteiger partial charge in [-0.3, -0.25) is 14.5 Å². The van der Waals surface area contributed by atoms with Gasteiger partial charge < -0.3 is 15.0 Å². The maximum Gasteiger partial charge on any atom is 0.414 e. The zero-order valence-electron chi connectivity index (χ0n) is 15.9. The van der Waals surface area contributed by atoms with Crippen LogP contribution in [-0.4, -0.2) is 56.0 Å².